The van der Waals surface area contributed by atoms with Crippen molar-refractivity contribution in [2.45, 2.75) is 25.9 Å². The van der Waals surface area contributed by atoms with Crippen LogP contribution in [0.4, 0.5) is 4.39 Å². The maximum absolute atomic E-state index is 14.7. The van der Waals surface area contributed by atoms with Crippen molar-refractivity contribution in [3.05, 3.63) is 62.7 Å². The molecule has 0 saturated heterocycles. The summed E-state index contributed by atoms with van der Waals surface area (Å²) >= 11 is 12.6. The highest BCUT2D eigenvalue weighted by atomic mass is 35.5. The predicted octanol–water partition coefficient (Wildman–Crippen LogP) is 5.36. The van der Waals surface area contributed by atoms with Crippen LogP contribution in [-0.2, 0) is 13.1 Å². The third-order valence-electron chi connectivity index (χ3n) is 4.74. The number of rotatable bonds is 4. The molecule has 2 heterocycles. The van der Waals surface area contributed by atoms with Crippen LogP contribution < -0.4 is 15.0 Å². The van der Waals surface area contributed by atoms with E-state index in [-0.39, 0.29) is 32.6 Å². The van der Waals surface area contributed by atoms with Gasteiger partial charge in [-0.15, -0.1) is 0 Å². The first-order valence-electron chi connectivity index (χ1n) is 8.80. The molecule has 0 unspecified atom stereocenters. The Kier molecular flexibility index (Phi) is 5.08. The van der Waals surface area contributed by atoms with Gasteiger partial charge in [0, 0.05) is 18.7 Å². The molecule has 1 aromatic heterocycles. The van der Waals surface area contributed by atoms with Crippen molar-refractivity contribution in [2.24, 2.45) is 0 Å². The van der Waals surface area contributed by atoms with Crippen LogP contribution in [0.25, 0.3) is 11.1 Å². The molecule has 2 aromatic carbocycles. The fourth-order valence-corrected chi connectivity index (χ4v) is 3.92. The Balaban J connectivity index is 1.83. The Hall–Kier alpha value is -2.44. The summed E-state index contributed by atoms with van der Waals surface area (Å²) in [6, 6.07) is 9.55. The molecule has 146 valence electrons. The van der Waals surface area contributed by atoms with Crippen LogP contribution in [0.5, 0.6) is 17.2 Å². The Labute approximate surface area is 170 Å². The molecule has 0 aliphatic carbocycles. The summed E-state index contributed by atoms with van der Waals surface area (Å²) in [5.41, 5.74) is -0.157. The van der Waals surface area contributed by atoms with Gasteiger partial charge in [0.05, 0.1) is 17.7 Å². The van der Waals surface area contributed by atoms with Crippen LogP contribution in [0.2, 0.25) is 10.2 Å². The van der Waals surface area contributed by atoms with Crippen molar-refractivity contribution in [1.29, 1.82) is 0 Å². The molecule has 0 spiro atoms. The Morgan fingerprint density at radius 1 is 1.00 bits per heavy atom. The van der Waals surface area contributed by atoms with Gasteiger partial charge in [-0.1, -0.05) is 35.3 Å². The van der Waals surface area contributed by atoms with Gasteiger partial charge >= 0.3 is 0 Å². The van der Waals surface area contributed by atoms with Crippen molar-refractivity contribution in [1.82, 2.24) is 9.36 Å². The maximum Gasteiger partial charge on any atom is 0.276 e. The highest BCUT2D eigenvalue weighted by molar-refractivity contribution is 6.33. The number of halogens is 3. The summed E-state index contributed by atoms with van der Waals surface area (Å²) in [6.45, 7) is 1.17. The number of hydrogen-bond acceptors (Lipinski definition) is 3. The molecule has 0 N–H and O–H groups in total. The molecule has 0 atom stereocenters. The normalized spacial score (nSPS) is 13.3. The van der Waals surface area contributed by atoms with Gasteiger partial charge in [0.1, 0.15) is 16.7 Å². The lowest BCUT2D eigenvalue weighted by molar-refractivity contribution is 0.356. The minimum absolute atomic E-state index is 0.0543. The number of aromatic nitrogens is 2. The van der Waals surface area contributed by atoms with Gasteiger partial charge in [-0.05, 0) is 37.1 Å². The lowest BCUT2D eigenvalue weighted by Gasteiger charge is -2.17. The standard InChI is InChI=1S/C20H17Cl2FN2O3/c1-27-15-6-2-3-7-16(15)28-17-10-12(14(23)11-13(17)21)18-19(22)24-8-4-5-9-25(24)20(18)26/h2-3,6-7,10-11H,4-5,8-9H2,1H3. The van der Waals surface area contributed by atoms with Gasteiger partial charge < -0.3 is 9.47 Å². The summed E-state index contributed by atoms with van der Waals surface area (Å²) in [6.07, 6.45) is 1.80. The van der Waals surface area contributed by atoms with Crippen LogP contribution in [0.3, 0.4) is 0 Å². The predicted molar refractivity (Wildman–Crippen MR) is 106 cm³/mol. The molecule has 1 aliphatic heterocycles. The zero-order valence-corrected chi connectivity index (χ0v) is 16.6. The third kappa shape index (κ3) is 3.16. The number of para-hydroxylation sites is 2. The average molecular weight is 423 g/mol. The smallest absolute Gasteiger partial charge is 0.276 e. The first-order chi connectivity index (χ1) is 13.5. The monoisotopic (exact) mass is 422 g/mol. The second-order valence-electron chi connectivity index (χ2n) is 6.44. The molecule has 4 rings (SSSR count). The lowest BCUT2D eigenvalue weighted by Crippen LogP contribution is -2.27. The first-order valence-corrected chi connectivity index (χ1v) is 9.56. The molecule has 5 nitrogen and oxygen atoms in total. The molecular weight excluding hydrogens is 406 g/mol. The number of hydrogen-bond donors (Lipinski definition) is 0. The maximum atomic E-state index is 14.7. The molecule has 0 bridgehead atoms. The fraction of sp³-hybridized carbons (Fsp3) is 0.250. The van der Waals surface area contributed by atoms with E-state index < -0.39 is 5.82 Å². The van der Waals surface area contributed by atoms with Crippen molar-refractivity contribution >= 4 is 23.2 Å². The lowest BCUT2D eigenvalue weighted by atomic mass is 10.1. The van der Waals surface area contributed by atoms with E-state index in [1.54, 1.807) is 33.6 Å². The number of methoxy groups -OCH3 is 1. The van der Waals surface area contributed by atoms with Crippen molar-refractivity contribution in [3.8, 4) is 28.4 Å². The minimum Gasteiger partial charge on any atom is -0.493 e. The molecule has 28 heavy (non-hydrogen) atoms. The third-order valence-corrected chi connectivity index (χ3v) is 5.42. The molecule has 0 saturated carbocycles. The van der Waals surface area contributed by atoms with Crippen LogP contribution in [-0.4, -0.2) is 16.5 Å². The molecule has 8 heteroatoms. The zero-order valence-electron chi connectivity index (χ0n) is 15.0. The fourth-order valence-electron chi connectivity index (χ4n) is 3.37. The van der Waals surface area contributed by atoms with Crippen molar-refractivity contribution in [3.63, 3.8) is 0 Å². The van der Waals surface area contributed by atoms with E-state index in [1.807, 2.05) is 0 Å². The van der Waals surface area contributed by atoms with Gasteiger partial charge in [0.15, 0.2) is 11.5 Å². The van der Waals surface area contributed by atoms with Crippen LogP contribution >= 0.6 is 23.2 Å². The highest BCUT2D eigenvalue weighted by Gasteiger charge is 2.25. The number of benzene rings is 2. The second-order valence-corrected chi connectivity index (χ2v) is 7.20. The molecule has 1 aliphatic rings. The van der Waals surface area contributed by atoms with E-state index >= 15 is 0 Å². The summed E-state index contributed by atoms with van der Waals surface area (Å²) < 4.78 is 29.1. The minimum atomic E-state index is -0.639. The second kappa shape index (κ2) is 7.53. The van der Waals surface area contributed by atoms with Crippen LogP contribution in [0, 0.1) is 5.82 Å². The largest absolute Gasteiger partial charge is 0.493 e. The van der Waals surface area contributed by atoms with Crippen molar-refractivity contribution < 1.29 is 13.9 Å². The van der Waals surface area contributed by atoms with Crippen LogP contribution in [0.15, 0.2) is 41.2 Å². The van der Waals surface area contributed by atoms with E-state index in [0.29, 0.717) is 24.6 Å². The molecule has 0 fully saturated rings. The van der Waals surface area contributed by atoms with E-state index in [2.05, 4.69) is 0 Å². The molecular formula is C20H17Cl2FN2O3. The Morgan fingerprint density at radius 2 is 1.68 bits per heavy atom. The van der Waals surface area contributed by atoms with Gasteiger partial charge in [0.25, 0.3) is 5.56 Å². The number of nitrogens with zero attached hydrogens (tertiary/aromatic N) is 2. The van der Waals surface area contributed by atoms with E-state index in [1.165, 1.54) is 13.2 Å². The van der Waals surface area contributed by atoms with E-state index in [9.17, 15) is 9.18 Å². The first kappa shape index (κ1) is 18.9. The van der Waals surface area contributed by atoms with Gasteiger partial charge in [-0.3, -0.25) is 9.48 Å². The van der Waals surface area contributed by atoms with Gasteiger partial charge in [0.2, 0.25) is 0 Å². The molecule has 0 amide bonds. The highest BCUT2D eigenvalue weighted by Crippen LogP contribution is 2.39. The Morgan fingerprint density at radius 3 is 2.36 bits per heavy atom. The van der Waals surface area contributed by atoms with E-state index in [0.717, 1.165) is 18.9 Å². The molecule has 0 radical (unpaired) electrons. The SMILES string of the molecule is COc1ccccc1Oc1cc(-c2c(Cl)n3n(c2=O)CCCC3)c(F)cc1Cl. The zero-order chi connectivity index (χ0) is 19.8. The quantitative estimate of drug-likeness (QED) is 0.568. The number of fused-ring (bicyclic) bond motifs is 1. The average Bonchev–Trinajstić information content (AvgIpc) is 2.95. The van der Waals surface area contributed by atoms with Gasteiger partial charge in [-0.2, -0.15) is 0 Å². The topological polar surface area (TPSA) is 45.4 Å². The number of ether oxygens (including phenoxy) is 2. The molecule has 3 aromatic rings. The van der Waals surface area contributed by atoms with Gasteiger partial charge in [-0.25, -0.2) is 9.07 Å². The summed E-state index contributed by atoms with van der Waals surface area (Å²) in [7, 11) is 1.52. The summed E-state index contributed by atoms with van der Waals surface area (Å²) in [5.74, 6) is 0.484. The van der Waals surface area contributed by atoms with Crippen LogP contribution in [0.1, 0.15) is 12.8 Å². The summed E-state index contributed by atoms with van der Waals surface area (Å²) in [5, 5.41) is 0.293. The Bertz CT molecular complexity index is 1110. The summed E-state index contributed by atoms with van der Waals surface area (Å²) in [4.78, 5) is 12.8. The van der Waals surface area contributed by atoms with E-state index in [4.69, 9.17) is 32.7 Å². The van der Waals surface area contributed by atoms with Crippen molar-refractivity contribution in [2.75, 3.05) is 7.11 Å².